The van der Waals surface area contributed by atoms with Crippen molar-refractivity contribution in [1.82, 2.24) is 15.5 Å². The second kappa shape index (κ2) is 6.95. The van der Waals surface area contributed by atoms with E-state index in [-0.39, 0.29) is 35.4 Å². The molecule has 0 saturated carbocycles. The first kappa shape index (κ1) is 18.5. The summed E-state index contributed by atoms with van der Waals surface area (Å²) in [5.41, 5.74) is -0.390. The van der Waals surface area contributed by atoms with Crippen molar-refractivity contribution in [3.05, 3.63) is 0 Å². The average Bonchev–Trinajstić information content (AvgIpc) is 2.75. The summed E-state index contributed by atoms with van der Waals surface area (Å²) in [7, 11) is 0. The summed E-state index contributed by atoms with van der Waals surface area (Å²) >= 11 is 0. The molecule has 6 nitrogen and oxygen atoms in total. The van der Waals surface area contributed by atoms with Crippen molar-refractivity contribution in [2.75, 3.05) is 26.2 Å². The van der Waals surface area contributed by atoms with Crippen molar-refractivity contribution < 1.29 is 14.3 Å². The standard InChI is InChI=1S/C17H33N3O3/c1-12-9-20(10-13(2)23-12)16(4,5)11-18-15(21)19-17(6)7-8-22-14(17)3/h12-14H,7-11H2,1-6H3,(H2,18,19,21)/t12-,13+,14-,17+/m0/s1. The van der Waals surface area contributed by atoms with Gasteiger partial charge in [0.15, 0.2) is 0 Å². The van der Waals surface area contributed by atoms with Gasteiger partial charge in [0.1, 0.15) is 0 Å². The number of rotatable bonds is 4. The Labute approximate surface area is 140 Å². The summed E-state index contributed by atoms with van der Waals surface area (Å²) in [4.78, 5) is 14.7. The summed E-state index contributed by atoms with van der Waals surface area (Å²) in [5, 5.41) is 6.11. The van der Waals surface area contributed by atoms with Crippen LogP contribution in [0, 0.1) is 0 Å². The van der Waals surface area contributed by atoms with E-state index < -0.39 is 0 Å². The third-order valence-electron chi connectivity index (χ3n) is 5.24. The molecule has 2 rings (SSSR count). The number of morpholine rings is 1. The number of ether oxygens (including phenoxy) is 2. The Morgan fingerprint density at radius 1 is 1.26 bits per heavy atom. The monoisotopic (exact) mass is 327 g/mol. The predicted octanol–water partition coefficient (Wildman–Crippen LogP) is 1.74. The van der Waals surface area contributed by atoms with Crippen LogP contribution >= 0.6 is 0 Å². The van der Waals surface area contributed by atoms with Gasteiger partial charge in [-0.2, -0.15) is 0 Å². The molecule has 0 bridgehead atoms. The lowest BCUT2D eigenvalue weighted by Crippen LogP contribution is -2.61. The van der Waals surface area contributed by atoms with Gasteiger partial charge >= 0.3 is 6.03 Å². The molecule has 0 aliphatic carbocycles. The van der Waals surface area contributed by atoms with Crippen LogP contribution < -0.4 is 10.6 Å². The van der Waals surface area contributed by atoms with E-state index in [1.165, 1.54) is 0 Å². The molecule has 2 N–H and O–H groups in total. The van der Waals surface area contributed by atoms with Gasteiger partial charge in [-0.15, -0.1) is 0 Å². The molecule has 2 heterocycles. The van der Waals surface area contributed by atoms with Crippen LogP contribution in [0.4, 0.5) is 4.79 Å². The maximum atomic E-state index is 12.3. The molecule has 0 spiro atoms. The Balaban J connectivity index is 1.85. The number of amides is 2. The lowest BCUT2D eigenvalue weighted by atomic mass is 9.95. The van der Waals surface area contributed by atoms with E-state index in [1.807, 2.05) is 13.8 Å². The number of hydrogen-bond acceptors (Lipinski definition) is 4. The molecular weight excluding hydrogens is 294 g/mol. The molecule has 6 heteroatoms. The number of nitrogens with one attached hydrogen (secondary N) is 2. The minimum absolute atomic E-state index is 0.0437. The Morgan fingerprint density at radius 2 is 1.87 bits per heavy atom. The molecule has 0 radical (unpaired) electrons. The van der Waals surface area contributed by atoms with Gasteiger partial charge in [0.05, 0.1) is 23.9 Å². The van der Waals surface area contributed by atoms with E-state index in [2.05, 4.69) is 43.2 Å². The van der Waals surface area contributed by atoms with Crippen LogP contribution in [0.25, 0.3) is 0 Å². The molecule has 2 aliphatic heterocycles. The first-order valence-corrected chi connectivity index (χ1v) is 8.70. The van der Waals surface area contributed by atoms with E-state index in [0.29, 0.717) is 13.2 Å². The van der Waals surface area contributed by atoms with Crippen LogP contribution in [0.5, 0.6) is 0 Å². The fourth-order valence-corrected chi connectivity index (χ4v) is 3.38. The highest BCUT2D eigenvalue weighted by atomic mass is 16.5. The molecule has 0 aromatic carbocycles. The van der Waals surface area contributed by atoms with Crippen LogP contribution in [-0.4, -0.2) is 66.6 Å². The van der Waals surface area contributed by atoms with E-state index in [1.54, 1.807) is 0 Å². The van der Waals surface area contributed by atoms with E-state index >= 15 is 0 Å². The Morgan fingerprint density at radius 3 is 2.39 bits per heavy atom. The molecular formula is C17H33N3O3. The maximum absolute atomic E-state index is 12.3. The topological polar surface area (TPSA) is 62.8 Å². The lowest BCUT2D eigenvalue weighted by molar-refractivity contribution is -0.0948. The third kappa shape index (κ3) is 4.58. The zero-order valence-corrected chi connectivity index (χ0v) is 15.4. The van der Waals surface area contributed by atoms with Gasteiger partial charge in [-0.25, -0.2) is 4.79 Å². The molecule has 2 amide bonds. The fraction of sp³-hybridized carbons (Fsp3) is 0.941. The molecule has 23 heavy (non-hydrogen) atoms. The summed E-state index contributed by atoms with van der Waals surface area (Å²) in [6.45, 7) is 15.7. The largest absolute Gasteiger partial charge is 0.376 e. The second-order valence-corrected chi connectivity index (χ2v) is 7.96. The zero-order chi connectivity index (χ0) is 17.3. The maximum Gasteiger partial charge on any atom is 0.315 e. The van der Waals surface area contributed by atoms with Crippen LogP contribution in [-0.2, 0) is 9.47 Å². The normalized spacial score (nSPS) is 36.0. The van der Waals surface area contributed by atoms with Gasteiger partial charge in [-0.1, -0.05) is 0 Å². The average molecular weight is 327 g/mol. The Kier molecular flexibility index (Phi) is 5.59. The first-order valence-electron chi connectivity index (χ1n) is 8.70. The van der Waals surface area contributed by atoms with Gasteiger partial charge in [0.2, 0.25) is 0 Å². The number of nitrogens with zero attached hydrogens (tertiary/aromatic N) is 1. The third-order valence-corrected chi connectivity index (χ3v) is 5.24. The van der Waals surface area contributed by atoms with Crippen molar-refractivity contribution in [2.24, 2.45) is 0 Å². The predicted molar refractivity (Wildman–Crippen MR) is 90.6 cm³/mol. The first-order chi connectivity index (χ1) is 10.6. The van der Waals surface area contributed by atoms with Gasteiger partial charge in [-0.3, -0.25) is 4.90 Å². The van der Waals surface area contributed by atoms with Crippen molar-refractivity contribution >= 4 is 6.03 Å². The van der Waals surface area contributed by atoms with Crippen molar-refractivity contribution in [1.29, 1.82) is 0 Å². The van der Waals surface area contributed by atoms with E-state index in [4.69, 9.17) is 9.47 Å². The number of carbonyl (C=O) groups is 1. The van der Waals surface area contributed by atoms with Crippen LogP contribution in [0.3, 0.4) is 0 Å². The summed E-state index contributed by atoms with van der Waals surface area (Å²) < 4.78 is 11.4. The molecule has 2 saturated heterocycles. The quantitative estimate of drug-likeness (QED) is 0.826. The number of urea groups is 1. The lowest BCUT2D eigenvalue weighted by Gasteiger charge is -2.45. The Bertz CT molecular complexity index is 419. The zero-order valence-electron chi connectivity index (χ0n) is 15.4. The highest BCUT2D eigenvalue weighted by Gasteiger charge is 2.39. The molecule has 0 aromatic rings. The van der Waals surface area contributed by atoms with Crippen LogP contribution in [0.1, 0.15) is 48.0 Å². The van der Waals surface area contributed by atoms with Gasteiger partial charge in [0.25, 0.3) is 0 Å². The van der Waals surface area contributed by atoms with Crippen LogP contribution in [0.2, 0.25) is 0 Å². The molecule has 134 valence electrons. The summed E-state index contributed by atoms with van der Waals surface area (Å²) in [6, 6.07) is -0.118. The van der Waals surface area contributed by atoms with Gasteiger partial charge < -0.3 is 20.1 Å². The molecule has 4 atom stereocenters. The van der Waals surface area contributed by atoms with Crippen molar-refractivity contribution in [2.45, 2.75) is 77.4 Å². The number of carbonyl (C=O) groups excluding carboxylic acids is 1. The molecule has 0 unspecified atom stereocenters. The van der Waals surface area contributed by atoms with E-state index in [9.17, 15) is 4.79 Å². The summed E-state index contributed by atoms with van der Waals surface area (Å²) in [5.74, 6) is 0. The highest BCUT2D eigenvalue weighted by molar-refractivity contribution is 5.75. The molecule has 2 aliphatic rings. The van der Waals surface area contributed by atoms with Crippen LogP contribution in [0.15, 0.2) is 0 Å². The SMILES string of the molecule is C[C@@H]1CN(C(C)(C)CNC(=O)N[C@]2(C)CCO[C@H]2C)C[C@H](C)O1. The van der Waals surface area contributed by atoms with Crippen molar-refractivity contribution in [3.63, 3.8) is 0 Å². The Hall–Kier alpha value is -0.850. The smallest absolute Gasteiger partial charge is 0.315 e. The second-order valence-electron chi connectivity index (χ2n) is 7.96. The molecule has 0 aromatic heterocycles. The van der Waals surface area contributed by atoms with E-state index in [0.717, 1.165) is 19.5 Å². The van der Waals surface area contributed by atoms with Crippen molar-refractivity contribution in [3.8, 4) is 0 Å². The number of hydrogen-bond donors (Lipinski definition) is 2. The summed E-state index contributed by atoms with van der Waals surface area (Å²) in [6.07, 6.45) is 1.34. The molecule has 2 fully saturated rings. The highest BCUT2D eigenvalue weighted by Crippen LogP contribution is 2.25. The minimum Gasteiger partial charge on any atom is -0.376 e. The minimum atomic E-state index is -0.282. The fourth-order valence-electron chi connectivity index (χ4n) is 3.38. The van der Waals surface area contributed by atoms with Gasteiger partial charge in [0, 0.05) is 31.8 Å². The van der Waals surface area contributed by atoms with Gasteiger partial charge in [-0.05, 0) is 48.0 Å².